The maximum absolute atomic E-state index is 15.0. The number of carboxylic acid groups (broad SMARTS) is 1. The van der Waals surface area contributed by atoms with E-state index in [0.29, 0.717) is 49.9 Å². The first-order chi connectivity index (χ1) is 23.2. The molecule has 16 heteroatoms. The van der Waals surface area contributed by atoms with Gasteiger partial charge in [-0.15, -0.1) is 11.3 Å². The lowest BCUT2D eigenvalue weighted by Crippen LogP contribution is -2.27. The Morgan fingerprint density at radius 3 is 2.53 bits per heavy atom. The molecule has 0 atom stereocenters. The number of ether oxygens (including phenoxy) is 1. The largest absolute Gasteiger partial charge is 0.491 e. The van der Waals surface area contributed by atoms with Crippen molar-refractivity contribution in [1.29, 1.82) is 5.26 Å². The molecule has 1 N–H and O–H groups in total. The van der Waals surface area contributed by atoms with Crippen molar-refractivity contribution in [2.75, 3.05) is 6.61 Å². The molecule has 4 heterocycles. The van der Waals surface area contributed by atoms with E-state index in [9.17, 15) is 37.5 Å². The Balaban J connectivity index is 1.43. The third-order valence-electron chi connectivity index (χ3n) is 7.63. The number of hydrogen-bond acceptors (Lipinski definition) is 8. The SMILES string of the molecule is Cc1cc(-c2cc(Cl)ccc2OCCn2c(C)nc3cc(C(F)(F)F)c(-c4cnc(Cl)cc4F)c(C#N)c3c2=O)c2scc(C(=O)O)c2n1. The van der Waals surface area contributed by atoms with Crippen LogP contribution >= 0.6 is 34.5 Å². The molecule has 6 rings (SSSR count). The Morgan fingerprint density at radius 1 is 1.10 bits per heavy atom. The molecular weight excluding hydrogens is 709 g/mol. The standard InChI is InChI=1S/C33H19Cl2F4N5O4S/c1-14-7-18(30-29(42-14)21(13-49-30)32(46)47)17-8-16(34)3-4-25(17)48-6-5-44-15(2)43-24-9-22(33(37,38)39)27(19(11-40)28(24)31(44)45)20-12-41-26(35)10-23(20)36/h3-4,7-10,12-13H,5-6H2,1-2H3,(H,46,47). The first-order valence-corrected chi connectivity index (χ1v) is 15.7. The van der Waals surface area contributed by atoms with Gasteiger partial charge in [-0.25, -0.2) is 19.2 Å². The zero-order valence-electron chi connectivity index (χ0n) is 25.1. The summed E-state index contributed by atoms with van der Waals surface area (Å²) in [6.07, 6.45) is -4.28. The highest BCUT2D eigenvalue weighted by Crippen LogP contribution is 2.43. The highest BCUT2D eigenvalue weighted by atomic mass is 35.5. The minimum absolute atomic E-state index is 0.0350. The average molecular weight is 729 g/mol. The van der Waals surface area contributed by atoms with E-state index in [4.69, 9.17) is 27.9 Å². The van der Waals surface area contributed by atoms with Gasteiger partial charge in [-0.3, -0.25) is 14.3 Å². The van der Waals surface area contributed by atoms with E-state index in [1.807, 2.05) is 0 Å². The van der Waals surface area contributed by atoms with Crippen LogP contribution in [0.15, 0.2) is 52.8 Å². The number of halogens is 6. The van der Waals surface area contributed by atoms with Crippen LogP contribution in [0.25, 0.3) is 43.4 Å². The molecule has 0 bridgehead atoms. The second kappa shape index (κ2) is 12.7. The normalized spacial score (nSPS) is 11.7. The van der Waals surface area contributed by atoms with Gasteiger partial charge in [0, 0.05) is 50.6 Å². The highest BCUT2D eigenvalue weighted by molar-refractivity contribution is 7.18. The molecule has 0 amide bonds. The van der Waals surface area contributed by atoms with E-state index in [-0.39, 0.29) is 29.7 Å². The van der Waals surface area contributed by atoms with E-state index in [1.165, 1.54) is 23.6 Å². The van der Waals surface area contributed by atoms with Crippen molar-refractivity contribution in [1.82, 2.24) is 19.5 Å². The van der Waals surface area contributed by atoms with Crippen molar-refractivity contribution in [3.8, 4) is 34.1 Å². The van der Waals surface area contributed by atoms with Crippen LogP contribution in [0.2, 0.25) is 10.2 Å². The van der Waals surface area contributed by atoms with E-state index in [0.717, 1.165) is 10.8 Å². The maximum atomic E-state index is 15.0. The van der Waals surface area contributed by atoms with E-state index >= 15 is 0 Å². The number of carboxylic acids is 1. The molecule has 0 aliphatic carbocycles. The predicted molar refractivity (Wildman–Crippen MR) is 176 cm³/mol. The van der Waals surface area contributed by atoms with Crippen LogP contribution in [0.5, 0.6) is 5.75 Å². The van der Waals surface area contributed by atoms with Gasteiger partial charge in [-0.2, -0.15) is 18.4 Å². The molecule has 248 valence electrons. The highest BCUT2D eigenvalue weighted by Gasteiger charge is 2.38. The van der Waals surface area contributed by atoms with E-state index in [1.54, 1.807) is 37.3 Å². The number of benzene rings is 2. The van der Waals surface area contributed by atoms with Crippen LogP contribution in [0.4, 0.5) is 17.6 Å². The molecule has 0 spiro atoms. The molecule has 9 nitrogen and oxygen atoms in total. The lowest BCUT2D eigenvalue weighted by atomic mass is 9.92. The Bertz CT molecular complexity index is 2460. The summed E-state index contributed by atoms with van der Waals surface area (Å²) in [4.78, 5) is 37.9. The Labute approximate surface area is 287 Å². The smallest absolute Gasteiger partial charge is 0.417 e. The summed E-state index contributed by atoms with van der Waals surface area (Å²) in [7, 11) is 0. The Morgan fingerprint density at radius 2 is 1.86 bits per heavy atom. The van der Waals surface area contributed by atoms with Crippen molar-refractivity contribution in [2.24, 2.45) is 0 Å². The second-order valence-corrected chi connectivity index (χ2v) is 12.4. The number of alkyl halides is 3. The van der Waals surface area contributed by atoms with Gasteiger partial charge in [0.1, 0.15) is 35.2 Å². The molecule has 0 radical (unpaired) electrons. The van der Waals surface area contributed by atoms with Crippen LogP contribution in [-0.4, -0.2) is 37.2 Å². The van der Waals surface area contributed by atoms with Crippen LogP contribution in [-0.2, 0) is 12.7 Å². The molecule has 0 fully saturated rings. The Hall–Kier alpha value is -5.10. The summed E-state index contributed by atoms with van der Waals surface area (Å²) in [5.74, 6) is -1.93. The van der Waals surface area contributed by atoms with Gasteiger partial charge in [0.15, 0.2) is 0 Å². The topological polar surface area (TPSA) is 131 Å². The fourth-order valence-electron chi connectivity index (χ4n) is 5.53. The van der Waals surface area contributed by atoms with Gasteiger partial charge < -0.3 is 9.84 Å². The molecule has 0 saturated carbocycles. The third kappa shape index (κ3) is 6.16. The first-order valence-electron chi connectivity index (χ1n) is 14.1. The second-order valence-electron chi connectivity index (χ2n) is 10.7. The summed E-state index contributed by atoms with van der Waals surface area (Å²) >= 11 is 13.2. The molecule has 0 aliphatic heterocycles. The number of aromatic nitrogens is 4. The van der Waals surface area contributed by atoms with Crippen LogP contribution in [0, 0.1) is 31.0 Å². The van der Waals surface area contributed by atoms with E-state index < -0.39 is 56.7 Å². The minimum Gasteiger partial charge on any atom is -0.491 e. The zero-order chi connectivity index (χ0) is 35.4. The van der Waals surface area contributed by atoms with Gasteiger partial charge in [0.25, 0.3) is 5.56 Å². The van der Waals surface area contributed by atoms with Crippen molar-refractivity contribution in [2.45, 2.75) is 26.6 Å². The average Bonchev–Trinajstić information content (AvgIpc) is 3.46. The molecule has 0 saturated heterocycles. The van der Waals surface area contributed by atoms with Crippen molar-refractivity contribution in [3.63, 3.8) is 0 Å². The van der Waals surface area contributed by atoms with Gasteiger partial charge in [0.2, 0.25) is 0 Å². The summed E-state index contributed by atoms with van der Waals surface area (Å²) in [6.45, 7) is 2.83. The fraction of sp³-hybridized carbons (Fsp3) is 0.152. The molecular formula is C33H19Cl2F4N5O4S. The quantitative estimate of drug-likeness (QED) is 0.128. The maximum Gasteiger partial charge on any atom is 0.417 e. The van der Waals surface area contributed by atoms with Crippen LogP contribution in [0.3, 0.4) is 0 Å². The molecule has 4 aromatic heterocycles. The fourth-order valence-corrected chi connectivity index (χ4v) is 6.86. The Kier molecular flexibility index (Phi) is 8.78. The zero-order valence-corrected chi connectivity index (χ0v) is 27.4. The number of aromatic carboxylic acids is 1. The number of carbonyl (C=O) groups is 1. The molecule has 49 heavy (non-hydrogen) atoms. The summed E-state index contributed by atoms with van der Waals surface area (Å²) in [6, 6.07) is 9.56. The van der Waals surface area contributed by atoms with E-state index in [2.05, 4.69) is 15.0 Å². The number of pyridine rings is 2. The van der Waals surface area contributed by atoms with Crippen LogP contribution in [0.1, 0.15) is 33.0 Å². The first kappa shape index (κ1) is 33.8. The lowest BCUT2D eigenvalue weighted by Gasteiger charge is -2.19. The summed E-state index contributed by atoms with van der Waals surface area (Å²) in [5, 5.41) is 20.8. The number of aryl methyl sites for hydroxylation is 2. The van der Waals surface area contributed by atoms with Gasteiger partial charge >= 0.3 is 12.1 Å². The number of rotatable bonds is 7. The van der Waals surface area contributed by atoms with Crippen molar-refractivity contribution >= 4 is 61.6 Å². The number of nitriles is 1. The van der Waals surface area contributed by atoms with Crippen molar-refractivity contribution in [3.05, 3.63) is 103 Å². The third-order valence-corrected chi connectivity index (χ3v) is 9.07. The molecule has 6 aromatic rings. The number of thiophene rings is 1. The van der Waals surface area contributed by atoms with Crippen molar-refractivity contribution < 1.29 is 32.2 Å². The summed E-state index contributed by atoms with van der Waals surface area (Å²) in [5.41, 5.74) is -2.83. The van der Waals surface area contributed by atoms with Gasteiger partial charge in [-0.1, -0.05) is 23.2 Å². The minimum atomic E-state index is -5.05. The number of nitrogens with zero attached hydrogens (tertiary/aromatic N) is 5. The monoisotopic (exact) mass is 727 g/mol. The van der Waals surface area contributed by atoms with Gasteiger partial charge in [-0.05, 0) is 44.2 Å². The predicted octanol–water partition coefficient (Wildman–Crippen LogP) is 8.47. The van der Waals surface area contributed by atoms with Crippen LogP contribution < -0.4 is 10.3 Å². The lowest BCUT2D eigenvalue weighted by molar-refractivity contribution is -0.137. The summed E-state index contributed by atoms with van der Waals surface area (Å²) < 4.78 is 65.6. The number of hydrogen-bond donors (Lipinski definition) is 1. The van der Waals surface area contributed by atoms with Gasteiger partial charge in [0.05, 0.1) is 44.4 Å². The molecule has 0 unspecified atom stereocenters. The number of fused-ring (bicyclic) bond motifs is 2. The molecule has 2 aromatic carbocycles. The molecule has 0 aliphatic rings.